The zero-order chi connectivity index (χ0) is 14.8. The van der Waals surface area contributed by atoms with Gasteiger partial charge in [-0.25, -0.2) is 0 Å². The van der Waals surface area contributed by atoms with Crippen LogP contribution in [0.5, 0.6) is 0 Å². The molecule has 0 aliphatic carbocycles. The Labute approximate surface area is 131 Å². The van der Waals surface area contributed by atoms with Gasteiger partial charge in [-0.3, -0.25) is 0 Å². The highest BCUT2D eigenvalue weighted by Crippen LogP contribution is 2.40. The van der Waals surface area contributed by atoms with Crippen molar-refractivity contribution >= 4 is 17.3 Å². The lowest BCUT2D eigenvalue weighted by molar-refractivity contribution is 0.247. The summed E-state index contributed by atoms with van der Waals surface area (Å²) < 4.78 is 0. The molecule has 1 aromatic carbocycles. The third-order valence-corrected chi connectivity index (χ3v) is 5.13. The summed E-state index contributed by atoms with van der Waals surface area (Å²) in [4.78, 5) is 2.53. The van der Waals surface area contributed by atoms with Gasteiger partial charge in [0.1, 0.15) is 0 Å². The van der Waals surface area contributed by atoms with Gasteiger partial charge in [0, 0.05) is 18.1 Å². The Morgan fingerprint density at radius 3 is 2.62 bits per heavy atom. The minimum Gasteiger partial charge on any atom is -0.364 e. The maximum absolute atomic E-state index is 8.99. The van der Waals surface area contributed by atoms with Crippen LogP contribution in [0.3, 0.4) is 0 Å². The van der Waals surface area contributed by atoms with Gasteiger partial charge in [-0.1, -0.05) is 18.5 Å². The summed E-state index contributed by atoms with van der Waals surface area (Å²) in [5.41, 5.74) is 1.75. The van der Waals surface area contributed by atoms with Crippen molar-refractivity contribution in [1.29, 1.82) is 5.26 Å². The first-order valence-corrected chi connectivity index (χ1v) is 8.32. The number of benzene rings is 1. The Balaban J connectivity index is 1.87. The smallest absolute Gasteiger partial charge is 0.0992 e. The van der Waals surface area contributed by atoms with E-state index in [0.29, 0.717) is 28.7 Å². The van der Waals surface area contributed by atoms with E-state index < -0.39 is 0 Å². The van der Waals surface area contributed by atoms with Crippen LogP contribution in [0.15, 0.2) is 18.2 Å². The number of nitrogens with one attached hydrogen (secondary N) is 1. The molecule has 1 N–H and O–H groups in total. The van der Waals surface area contributed by atoms with Crippen LogP contribution in [0.2, 0.25) is 5.02 Å². The number of hydrogen-bond acceptors (Lipinski definition) is 3. The van der Waals surface area contributed by atoms with E-state index in [1.807, 2.05) is 12.1 Å². The first-order chi connectivity index (χ1) is 10.2. The largest absolute Gasteiger partial charge is 0.364 e. The van der Waals surface area contributed by atoms with Crippen molar-refractivity contribution < 1.29 is 0 Å². The van der Waals surface area contributed by atoms with Crippen molar-refractivity contribution in [1.82, 2.24) is 5.32 Å². The van der Waals surface area contributed by atoms with Gasteiger partial charge in [0.15, 0.2) is 0 Å². The molecule has 0 radical (unpaired) electrons. The van der Waals surface area contributed by atoms with Gasteiger partial charge in [-0.05, 0) is 56.8 Å². The number of halogens is 1. The van der Waals surface area contributed by atoms with Gasteiger partial charge in [-0.15, -0.1) is 0 Å². The summed E-state index contributed by atoms with van der Waals surface area (Å²) in [6, 6.07) is 9.65. The molecule has 112 valence electrons. The molecule has 0 saturated carbocycles. The van der Waals surface area contributed by atoms with Crippen molar-refractivity contribution in [3.63, 3.8) is 0 Å². The minimum absolute atomic E-state index is 0.576. The summed E-state index contributed by atoms with van der Waals surface area (Å²) in [7, 11) is 0. The van der Waals surface area contributed by atoms with Crippen LogP contribution in [-0.4, -0.2) is 24.7 Å². The molecule has 0 spiro atoms. The molecule has 2 bridgehead atoms. The van der Waals surface area contributed by atoms with E-state index >= 15 is 0 Å². The molecule has 0 amide bonds. The van der Waals surface area contributed by atoms with Crippen molar-refractivity contribution in [2.75, 3.05) is 11.4 Å². The first-order valence-electron chi connectivity index (χ1n) is 7.94. The van der Waals surface area contributed by atoms with E-state index in [4.69, 9.17) is 16.9 Å². The molecule has 21 heavy (non-hydrogen) atoms. The predicted molar refractivity (Wildman–Crippen MR) is 86.8 cm³/mol. The van der Waals surface area contributed by atoms with Crippen LogP contribution in [0.25, 0.3) is 0 Å². The molecule has 3 nitrogen and oxygen atoms in total. The van der Waals surface area contributed by atoms with Gasteiger partial charge in [0.2, 0.25) is 0 Å². The van der Waals surface area contributed by atoms with Crippen LogP contribution < -0.4 is 10.2 Å². The predicted octanol–water partition coefficient (Wildman–Crippen LogP) is 3.71. The molecule has 2 atom stereocenters. The van der Waals surface area contributed by atoms with Crippen molar-refractivity contribution in [3.05, 3.63) is 28.8 Å². The Morgan fingerprint density at radius 2 is 2.05 bits per heavy atom. The maximum Gasteiger partial charge on any atom is 0.0992 e. The molecule has 3 rings (SSSR count). The van der Waals surface area contributed by atoms with Crippen LogP contribution in [0.1, 0.15) is 44.6 Å². The molecule has 2 fully saturated rings. The van der Waals surface area contributed by atoms with Crippen LogP contribution in [0.4, 0.5) is 5.69 Å². The average Bonchev–Trinajstić information content (AvgIpc) is 2.47. The molecule has 1 aromatic rings. The minimum atomic E-state index is 0.576. The number of nitrogens with zero attached hydrogens (tertiary/aromatic N) is 2. The fourth-order valence-corrected chi connectivity index (χ4v) is 4.29. The average molecular weight is 304 g/mol. The lowest BCUT2D eigenvalue weighted by atomic mass is 9.81. The third-order valence-electron chi connectivity index (χ3n) is 4.82. The molecule has 2 unspecified atom stereocenters. The van der Waals surface area contributed by atoms with Crippen molar-refractivity contribution in [2.24, 2.45) is 0 Å². The number of anilines is 1. The molecule has 0 aromatic heterocycles. The molecule has 2 aliphatic heterocycles. The SMILES string of the molecule is CCNC1CC2CCCC(C1)N2c1ccc(C#N)cc1Cl. The lowest BCUT2D eigenvalue weighted by Crippen LogP contribution is -2.56. The summed E-state index contributed by atoms with van der Waals surface area (Å²) in [6.07, 6.45) is 6.20. The van der Waals surface area contributed by atoms with Gasteiger partial charge < -0.3 is 10.2 Å². The highest BCUT2D eigenvalue weighted by molar-refractivity contribution is 6.33. The van der Waals surface area contributed by atoms with Gasteiger partial charge in [0.25, 0.3) is 0 Å². The van der Waals surface area contributed by atoms with E-state index in [1.165, 1.54) is 32.1 Å². The second-order valence-corrected chi connectivity index (χ2v) is 6.56. The van der Waals surface area contributed by atoms with Crippen LogP contribution in [-0.2, 0) is 0 Å². The summed E-state index contributed by atoms with van der Waals surface area (Å²) >= 11 is 6.44. The van der Waals surface area contributed by atoms with Crippen molar-refractivity contribution in [2.45, 2.75) is 57.2 Å². The summed E-state index contributed by atoms with van der Waals surface area (Å²) in [5.74, 6) is 0. The zero-order valence-corrected chi connectivity index (χ0v) is 13.2. The topological polar surface area (TPSA) is 39.1 Å². The molecular formula is C17H22ClN3. The molecule has 4 heteroatoms. The Morgan fingerprint density at radius 1 is 1.33 bits per heavy atom. The highest BCUT2D eigenvalue weighted by Gasteiger charge is 2.38. The Kier molecular flexibility index (Phi) is 4.37. The summed E-state index contributed by atoms with van der Waals surface area (Å²) in [5, 5.41) is 13.3. The van der Waals surface area contributed by atoms with Crippen LogP contribution >= 0.6 is 11.6 Å². The molecule has 2 saturated heterocycles. The second kappa shape index (κ2) is 6.25. The van der Waals surface area contributed by atoms with Gasteiger partial charge in [-0.2, -0.15) is 5.26 Å². The standard InChI is InChI=1S/C17H22ClN3/c1-2-20-13-9-14-4-3-5-15(10-13)21(14)17-7-6-12(11-19)8-16(17)18/h6-8,13-15,20H,2-5,9-10H2,1H3. The molecule has 2 heterocycles. The summed E-state index contributed by atoms with van der Waals surface area (Å²) in [6.45, 7) is 3.22. The van der Waals surface area contributed by atoms with E-state index in [1.54, 1.807) is 6.07 Å². The normalized spacial score (nSPS) is 28.2. The number of hydrogen-bond donors (Lipinski definition) is 1. The van der Waals surface area contributed by atoms with Crippen molar-refractivity contribution in [3.8, 4) is 6.07 Å². The lowest BCUT2D eigenvalue weighted by Gasteiger charge is -2.50. The monoisotopic (exact) mass is 303 g/mol. The van der Waals surface area contributed by atoms with E-state index in [0.717, 1.165) is 12.2 Å². The Hall–Kier alpha value is -1.24. The second-order valence-electron chi connectivity index (χ2n) is 6.15. The number of nitriles is 1. The van der Waals surface area contributed by atoms with E-state index in [2.05, 4.69) is 23.2 Å². The maximum atomic E-state index is 8.99. The van der Waals surface area contributed by atoms with E-state index in [-0.39, 0.29) is 0 Å². The van der Waals surface area contributed by atoms with E-state index in [9.17, 15) is 0 Å². The number of piperidine rings is 2. The Bertz CT molecular complexity index is 537. The third kappa shape index (κ3) is 2.88. The highest BCUT2D eigenvalue weighted by atomic mass is 35.5. The quantitative estimate of drug-likeness (QED) is 0.925. The number of fused-ring (bicyclic) bond motifs is 2. The van der Waals surface area contributed by atoms with Gasteiger partial charge >= 0.3 is 0 Å². The fraction of sp³-hybridized carbons (Fsp3) is 0.588. The first kappa shape index (κ1) is 14.7. The number of rotatable bonds is 3. The zero-order valence-electron chi connectivity index (χ0n) is 12.5. The fourth-order valence-electron chi connectivity index (χ4n) is 4.02. The molecular weight excluding hydrogens is 282 g/mol. The van der Waals surface area contributed by atoms with Gasteiger partial charge in [0.05, 0.1) is 22.3 Å². The molecule has 2 aliphatic rings. The van der Waals surface area contributed by atoms with Crippen LogP contribution in [0, 0.1) is 11.3 Å².